The largest absolute Gasteiger partial charge is 0.374 e. The number of nitrogen functional groups attached to an aromatic ring is 1. The smallest absolute Gasteiger partial charge is 0.230 e. The maximum atomic E-state index is 11.8. The number of thioether (sulfide) groups is 1. The molecule has 1 aromatic carbocycles. The van der Waals surface area contributed by atoms with Crippen LogP contribution in [0, 0.1) is 6.92 Å². The third-order valence-electron chi connectivity index (χ3n) is 2.84. The highest BCUT2D eigenvalue weighted by atomic mass is 32.2. The first kappa shape index (κ1) is 17.2. The van der Waals surface area contributed by atoms with Crippen molar-refractivity contribution >= 4 is 45.7 Å². The third kappa shape index (κ3) is 5.87. The van der Waals surface area contributed by atoms with Crippen molar-refractivity contribution in [1.29, 1.82) is 0 Å². The van der Waals surface area contributed by atoms with E-state index in [9.17, 15) is 9.59 Å². The number of nitrogens with one attached hydrogen (secondary N) is 2. The van der Waals surface area contributed by atoms with Crippen LogP contribution in [-0.4, -0.2) is 34.3 Å². The van der Waals surface area contributed by atoms with Crippen LogP contribution < -0.4 is 16.4 Å². The number of nitrogens with two attached hydrogens (primary N) is 1. The van der Waals surface area contributed by atoms with Gasteiger partial charge in [-0.2, -0.15) is 0 Å². The van der Waals surface area contributed by atoms with Crippen molar-refractivity contribution < 1.29 is 9.59 Å². The molecule has 2 rings (SSSR count). The molecule has 2 amide bonds. The molecule has 2 aromatic rings. The second kappa shape index (κ2) is 8.49. The van der Waals surface area contributed by atoms with Crippen molar-refractivity contribution in [3.05, 3.63) is 29.8 Å². The number of aromatic nitrogens is 2. The van der Waals surface area contributed by atoms with Gasteiger partial charge in [-0.25, -0.2) is 0 Å². The van der Waals surface area contributed by atoms with Crippen LogP contribution in [0.25, 0.3) is 0 Å². The number of aryl methyl sites for hydroxylation is 1. The van der Waals surface area contributed by atoms with Crippen LogP contribution in [0.4, 0.5) is 10.8 Å². The number of carbonyl (C=O) groups is 2. The number of hydrogen-bond acceptors (Lipinski definition) is 7. The molecule has 0 atom stereocenters. The van der Waals surface area contributed by atoms with Crippen LogP contribution in [0.2, 0.25) is 0 Å². The number of rotatable bonds is 7. The van der Waals surface area contributed by atoms with Crippen LogP contribution in [0.15, 0.2) is 28.6 Å². The highest BCUT2D eigenvalue weighted by Crippen LogP contribution is 2.22. The average molecular weight is 351 g/mol. The summed E-state index contributed by atoms with van der Waals surface area (Å²) in [7, 11) is 0. The quantitative estimate of drug-likeness (QED) is 0.655. The standard InChI is InChI=1S/C14H17N5O2S2/c1-9-4-2-3-5-10(9)17-11(20)6-7-16-12(21)8-22-14-19-18-13(15)23-14/h2-5H,6-8H2,1H3,(H2,15,18)(H,16,21)(H,17,20). The summed E-state index contributed by atoms with van der Waals surface area (Å²) < 4.78 is 0.648. The Morgan fingerprint density at radius 2 is 2.04 bits per heavy atom. The summed E-state index contributed by atoms with van der Waals surface area (Å²) in [5.41, 5.74) is 7.24. The lowest BCUT2D eigenvalue weighted by Gasteiger charge is -2.08. The van der Waals surface area contributed by atoms with Crippen molar-refractivity contribution in [3.8, 4) is 0 Å². The summed E-state index contributed by atoms with van der Waals surface area (Å²) in [6, 6.07) is 7.54. The molecular weight excluding hydrogens is 334 g/mol. The van der Waals surface area contributed by atoms with Gasteiger partial charge in [-0.3, -0.25) is 9.59 Å². The van der Waals surface area contributed by atoms with Crippen LogP contribution in [0.3, 0.4) is 0 Å². The summed E-state index contributed by atoms with van der Waals surface area (Å²) in [5.74, 6) is -0.0785. The molecule has 0 aliphatic carbocycles. The van der Waals surface area contributed by atoms with E-state index < -0.39 is 0 Å². The minimum absolute atomic E-state index is 0.135. The average Bonchev–Trinajstić information content (AvgIpc) is 2.93. The van der Waals surface area contributed by atoms with Crippen molar-refractivity contribution in [2.75, 3.05) is 23.3 Å². The second-order valence-electron chi connectivity index (χ2n) is 4.66. The lowest BCUT2D eigenvalue weighted by molar-refractivity contribution is -0.119. The van der Waals surface area contributed by atoms with Gasteiger partial charge in [0.15, 0.2) is 4.34 Å². The zero-order valence-corrected chi connectivity index (χ0v) is 14.2. The van der Waals surface area contributed by atoms with E-state index in [-0.39, 0.29) is 30.5 Å². The van der Waals surface area contributed by atoms with E-state index in [4.69, 9.17) is 5.73 Å². The number of anilines is 2. The predicted octanol–water partition coefficient (Wildman–Crippen LogP) is 1.67. The molecule has 0 aliphatic heterocycles. The summed E-state index contributed by atoms with van der Waals surface area (Å²) in [6.07, 6.45) is 0.219. The van der Waals surface area contributed by atoms with Gasteiger partial charge in [0.1, 0.15) is 0 Å². The fourth-order valence-electron chi connectivity index (χ4n) is 1.70. The topological polar surface area (TPSA) is 110 Å². The highest BCUT2D eigenvalue weighted by Gasteiger charge is 2.08. The maximum Gasteiger partial charge on any atom is 0.230 e. The monoisotopic (exact) mass is 351 g/mol. The van der Waals surface area contributed by atoms with E-state index in [1.807, 2.05) is 31.2 Å². The van der Waals surface area contributed by atoms with Crippen LogP contribution in [0.1, 0.15) is 12.0 Å². The highest BCUT2D eigenvalue weighted by molar-refractivity contribution is 8.01. The maximum absolute atomic E-state index is 11.8. The number of nitrogens with zero attached hydrogens (tertiary/aromatic N) is 2. The molecule has 9 heteroatoms. The molecule has 0 bridgehead atoms. The van der Waals surface area contributed by atoms with Gasteiger partial charge in [0.05, 0.1) is 5.75 Å². The molecule has 0 saturated heterocycles. The molecule has 1 heterocycles. The first-order valence-electron chi connectivity index (χ1n) is 6.88. The Morgan fingerprint density at radius 1 is 1.26 bits per heavy atom. The zero-order chi connectivity index (χ0) is 16.7. The van der Waals surface area contributed by atoms with E-state index in [1.165, 1.54) is 23.1 Å². The van der Waals surface area contributed by atoms with Gasteiger partial charge in [0.25, 0.3) is 0 Å². The van der Waals surface area contributed by atoms with E-state index in [0.717, 1.165) is 11.3 Å². The summed E-state index contributed by atoms with van der Waals surface area (Å²) in [5, 5.41) is 13.4. The fraction of sp³-hybridized carbons (Fsp3) is 0.286. The molecule has 0 fully saturated rings. The van der Waals surface area contributed by atoms with Gasteiger partial charge in [-0.1, -0.05) is 41.3 Å². The number of amides is 2. The van der Waals surface area contributed by atoms with E-state index in [0.29, 0.717) is 9.47 Å². The van der Waals surface area contributed by atoms with Crippen LogP contribution in [0.5, 0.6) is 0 Å². The lowest BCUT2D eigenvalue weighted by atomic mass is 10.2. The predicted molar refractivity (Wildman–Crippen MR) is 92.5 cm³/mol. The lowest BCUT2D eigenvalue weighted by Crippen LogP contribution is -2.29. The van der Waals surface area contributed by atoms with Crippen molar-refractivity contribution in [1.82, 2.24) is 15.5 Å². The molecule has 0 saturated carbocycles. The first-order chi connectivity index (χ1) is 11.0. The van der Waals surface area contributed by atoms with Gasteiger partial charge >= 0.3 is 0 Å². The van der Waals surface area contributed by atoms with Crippen molar-refractivity contribution in [2.45, 2.75) is 17.7 Å². The van der Waals surface area contributed by atoms with Crippen molar-refractivity contribution in [3.63, 3.8) is 0 Å². The Bertz CT molecular complexity index is 689. The summed E-state index contributed by atoms with van der Waals surface area (Å²) in [6.45, 7) is 2.21. The number of para-hydroxylation sites is 1. The molecule has 0 aliphatic rings. The molecule has 7 nitrogen and oxygen atoms in total. The molecule has 0 spiro atoms. The SMILES string of the molecule is Cc1ccccc1NC(=O)CCNC(=O)CSc1nnc(N)s1. The molecule has 1 aromatic heterocycles. The molecule has 0 unspecified atom stereocenters. The number of carbonyl (C=O) groups excluding carboxylic acids is 2. The van der Waals surface area contributed by atoms with E-state index in [1.54, 1.807) is 0 Å². The van der Waals surface area contributed by atoms with Gasteiger partial charge in [0, 0.05) is 18.7 Å². The molecular formula is C14H17N5O2S2. The molecule has 4 N–H and O–H groups in total. The summed E-state index contributed by atoms with van der Waals surface area (Å²) in [4.78, 5) is 23.5. The van der Waals surface area contributed by atoms with Gasteiger partial charge in [0.2, 0.25) is 16.9 Å². The number of benzene rings is 1. The van der Waals surface area contributed by atoms with Gasteiger partial charge in [-0.15, -0.1) is 10.2 Å². The van der Waals surface area contributed by atoms with Gasteiger partial charge in [-0.05, 0) is 18.6 Å². The Hall–Kier alpha value is -2.13. The zero-order valence-electron chi connectivity index (χ0n) is 12.5. The Labute approximate surface area is 142 Å². The van der Waals surface area contributed by atoms with E-state index in [2.05, 4.69) is 20.8 Å². The minimum atomic E-state index is -0.160. The second-order valence-corrected chi connectivity index (χ2v) is 6.89. The molecule has 122 valence electrons. The van der Waals surface area contributed by atoms with E-state index >= 15 is 0 Å². The minimum Gasteiger partial charge on any atom is -0.374 e. The van der Waals surface area contributed by atoms with Crippen molar-refractivity contribution in [2.24, 2.45) is 0 Å². The molecule has 0 radical (unpaired) electrons. The Balaban J connectivity index is 1.65. The fourth-order valence-corrected chi connectivity index (χ4v) is 3.16. The Morgan fingerprint density at radius 3 is 2.74 bits per heavy atom. The summed E-state index contributed by atoms with van der Waals surface area (Å²) >= 11 is 2.50. The third-order valence-corrected chi connectivity index (χ3v) is 4.73. The molecule has 23 heavy (non-hydrogen) atoms. The Kier molecular flexibility index (Phi) is 6.36. The first-order valence-corrected chi connectivity index (χ1v) is 8.69. The number of hydrogen-bond donors (Lipinski definition) is 3. The van der Waals surface area contributed by atoms with Gasteiger partial charge < -0.3 is 16.4 Å². The normalized spacial score (nSPS) is 10.3. The van der Waals surface area contributed by atoms with Crippen LogP contribution in [-0.2, 0) is 9.59 Å². The van der Waals surface area contributed by atoms with Crippen LogP contribution >= 0.6 is 23.1 Å².